The molecule has 15 heteroatoms. The van der Waals surface area contributed by atoms with Crippen LogP contribution in [0.1, 0.15) is 74.7 Å². The minimum absolute atomic E-state index is 0.0896. The number of nitrogens with zero attached hydrogens (tertiary/aromatic N) is 2. The number of fused-ring (bicyclic) bond motifs is 2. The molecule has 3 heterocycles. The van der Waals surface area contributed by atoms with E-state index in [4.69, 9.17) is 21.1 Å². The SMILES string of the molecule is CNC(=O)[C@H](CCCC1CCC(C(F)(F)F)CC1)NC(=O)C1CN(C(=O)Cc2c[nH]c3cc(Cl)ccc23)CC2CN(C(=O)c3ccc(OC(C)C)c(OC)c3)CC21. The number of alkyl halides is 3. The molecular weight excluding hydrogens is 763 g/mol. The number of hydrogen-bond donors (Lipinski definition) is 3. The molecule has 1 aliphatic carbocycles. The molecule has 11 nitrogen and oxygen atoms in total. The monoisotopic (exact) mass is 815 g/mol. The first-order chi connectivity index (χ1) is 27.1. The van der Waals surface area contributed by atoms with E-state index in [0.29, 0.717) is 67.3 Å². The third-order valence-electron chi connectivity index (χ3n) is 12.0. The van der Waals surface area contributed by atoms with Crippen molar-refractivity contribution in [2.24, 2.45) is 29.6 Å². The Labute approximate surface area is 336 Å². The number of hydrogen-bond acceptors (Lipinski definition) is 6. The zero-order chi connectivity index (χ0) is 41.0. The summed E-state index contributed by atoms with van der Waals surface area (Å²) in [5.74, 6) is -2.54. The number of likely N-dealkylation sites (tertiary alicyclic amines) is 2. The number of aromatic nitrogens is 1. The molecule has 3 N–H and O–H groups in total. The summed E-state index contributed by atoms with van der Waals surface area (Å²) < 4.78 is 51.0. The summed E-state index contributed by atoms with van der Waals surface area (Å²) in [5.41, 5.74) is 2.01. The number of methoxy groups -OCH3 is 1. The topological polar surface area (TPSA) is 133 Å². The number of likely N-dealkylation sites (N-methyl/N-ethyl adjacent to an activating group) is 1. The van der Waals surface area contributed by atoms with Crippen LogP contribution in [0.5, 0.6) is 11.5 Å². The molecule has 2 aromatic carbocycles. The minimum atomic E-state index is -4.17. The Balaban J connectivity index is 1.18. The second-order valence-corrected chi connectivity index (χ2v) is 16.6. The molecule has 2 saturated heterocycles. The van der Waals surface area contributed by atoms with Gasteiger partial charge in [0.2, 0.25) is 17.7 Å². The molecule has 3 fully saturated rings. The van der Waals surface area contributed by atoms with Crippen molar-refractivity contribution < 1.29 is 41.8 Å². The molecule has 4 atom stereocenters. The van der Waals surface area contributed by atoms with Crippen molar-refractivity contribution in [3.63, 3.8) is 0 Å². The zero-order valence-corrected chi connectivity index (χ0v) is 33.7. The average Bonchev–Trinajstić information content (AvgIpc) is 3.80. The Morgan fingerprint density at radius 3 is 2.39 bits per heavy atom. The lowest BCUT2D eigenvalue weighted by molar-refractivity contribution is -0.184. The summed E-state index contributed by atoms with van der Waals surface area (Å²) in [4.78, 5) is 62.0. The number of carbonyl (C=O) groups is 4. The van der Waals surface area contributed by atoms with Crippen LogP contribution in [0.4, 0.5) is 13.2 Å². The Morgan fingerprint density at radius 2 is 1.70 bits per heavy atom. The molecule has 1 aromatic heterocycles. The van der Waals surface area contributed by atoms with Crippen LogP contribution in [0.25, 0.3) is 10.9 Å². The van der Waals surface area contributed by atoms with Crippen LogP contribution in [0.2, 0.25) is 5.02 Å². The first kappa shape index (κ1) is 42.2. The van der Waals surface area contributed by atoms with E-state index in [0.717, 1.165) is 16.5 Å². The molecule has 4 amide bonds. The summed E-state index contributed by atoms with van der Waals surface area (Å²) in [5, 5.41) is 7.05. The maximum Gasteiger partial charge on any atom is 0.391 e. The molecule has 0 radical (unpaired) electrons. The second kappa shape index (κ2) is 18.0. The summed E-state index contributed by atoms with van der Waals surface area (Å²) in [7, 11) is 3.00. The van der Waals surface area contributed by atoms with Gasteiger partial charge in [0.15, 0.2) is 11.5 Å². The maximum atomic E-state index is 14.3. The highest BCUT2D eigenvalue weighted by atomic mass is 35.5. The molecule has 3 unspecified atom stereocenters. The highest BCUT2D eigenvalue weighted by Gasteiger charge is 2.48. The number of benzene rings is 2. The van der Waals surface area contributed by atoms with Crippen molar-refractivity contribution in [3.8, 4) is 11.5 Å². The van der Waals surface area contributed by atoms with Crippen LogP contribution in [0.15, 0.2) is 42.6 Å². The third kappa shape index (κ3) is 9.99. The fourth-order valence-electron chi connectivity index (χ4n) is 8.95. The van der Waals surface area contributed by atoms with Crippen molar-refractivity contribution >= 4 is 46.1 Å². The lowest BCUT2D eigenvalue weighted by Crippen LogP contribution is -2.56. The smallest absolute Gasteiger partial charge is 0.391 e. The molecule has 3 aromatic rings. The van der Waals surface area contributed by atoms with Crippen LogP contribution in [-0.4, -0.2) is 97.1 Å². The Hall–Kier alpha value is -4.46. The molecule has 1 saturated carbocycles. The van der Waals surface area contributed by atoms with Gasteiger partial charge in [-0.3, -0.25) is 19.2 Å². The number of carbonyl (C=O) groups excluding carboxylic acids is 4. The van der Waals surface area contributed by atoms with Gasteiger partial charge in [0, 0.05) is 60.9 Å². The number of ether oxygens (including phenoxy) is 2. The van der Waals surface area contributed by atoms with Crippen molar-refractivity contribution in [2.75, 3.05) is 40.3 Å². The van der Waals surface area contributed by atoms with E-state index in [1.807, 2.05) is 19.9 Å². The van der Waals surface area contributed by atoms with Crippen molar-refractivity contribution in [3.05, 3.63) is 58.7 Å². The Morgan fingerprint density at radius 1 is 0.965 bits per heavy atom. The van der Waals surface area contributed by atoms with Gasteiger partial charge in [0.05, 0.1) is 31.5 Å². The molecule has 57 heavy (non-hydrogen) atoms. The van der Waals surface area contributed by atoms with Crippen molar-refractivity contribution in [2.45, 2.75) is 83.5 Å². The number of rotatable bonds is 13. The first-order valence-electron chi connectivity index (χ1n) is 19.9. The van der Waals surface area contributed by atoms with Gasteiger partial charge in [0.25, 0.3) is 5.91 Å². The molecule has 0 spiro atoms. The Kier molecular flexibility index (Phi) is 13.3. The van der Waals surface area contributed by atoms with Gasteiger partial charge in [-0.15, -0.1) is 0 Å². The zero-order valence-electron chi connectivity index (χ0n) is 32.9. The van der Waals surface area contributed by atoms with E-state index < -0.39 is 24.1 Å². The van der Waals surface area contributed by atoms with Gasteiger partial charge in [-0.1, -0.05) is 30.5 Å². The molecular formula is C42H53ClF3N5O6. The average molecular weight is 816 g/mol. The summed E-state index contributed by atoms with van der Waals surface area (Å²) in [6.07, 6.45) is 0.350. The number of H-pyrrole nitrogens is 1. The summed E-state index contributed by atoms with van der Waals surface area (Å²) >= 11 is 6.18. The molecule has 0 bridgehead atoms. The molecule has 6 rings (SSSR count). The largest absolute Gasteiger partial charge is 0.493 e. The van der Waals surface area contributed by atoms with Gasteiger partial charge in [-0.2, -0.15) is 13.2 Å². The summed E-state index contributed by atoms with van der Waals surface area (Å²) in [6.45, 7) is 4.86. The molecule has 3 aliphatic rings. The number of amides is 4. The predicted octanol–water partition coefficient (Wildman–Crippen LogP) is 6.78. The number of halogens is 4. The standard InChI is InChI=1S/C42H53ClF3N5O6/c1-24(2)57-36-15-10-26(16-37(36)56-4)41(55)51-21-28-20-50(38(52)17-27-19-48-35-18-30(43)13-14-31(27)35)23-33(32(28)22-51)39(53)49-34(40(54)47-3)7-5-6-25-8-11-29(12-9-25)42(44,45)46/h10,13-16,18-19,24-25,28-29,32-34,48H,5-9,11-12,17,20-23H2,1-4H3,(H,47,54)(H,49,53)/t25?,28?,29?,32?,33?,34-/m0/s1. The number of piperidine rings is 1. The van der Waals surface area contributed by atoms with Gasteiger partial charge in [-0.05, 0) is 99.6 Å². The minimum Gasteiger partial charge on any atom is -0.493 e. The predicted molar refractivity (Wildman–Crippen MR) is 210 cm³/mol. The second-order valence-electron chi connectivity index (χ2n) is 16.1. The molecule has 310 valence electrons. The van der Waals surface area contributed by atoms with Crippen molar-refractivity contribution in [1.82, 2.24) is 25.4 Å². The van der Waals surface area contributed by atoms with Crippen LogP contribution >= 0.6 is 11.6 Å². The molecule has 2 aliphatic heterocycles. The Bertz CT molecular complexity index is 1930. The quantitative estimate of drug-likeness (QED) is 0.175. The fourth-order valence-corrected chi connectivity index (χ4v) is 9.12. The van der Waals surface area contributed by atoms with Crippen molar-refractivity contribution in [1.29, 1.82) is 0 Å². The third-order valence-corrected chi connectivity index (χ3v) is 12.2. The number of nitrogens with one attached hydrogen (secondary N) is 3. The van der Waals surface area contributed by atoms with E-state index >= 15 is 0 Å². The fraction of sp³-hybridized carbons (Fsp3) is 0.571. The van der Waals surface area contributed by atoms with E-state index in [9.17, 15) is 32.3 Å². The van der Waals surface area contributed by atoms with Crippen LogP contribution < -0.4 is 20.1 Å². The lowest BCUT2D eigenvalue weighted by Gasteiger charge is -2.40. The van der Waals surface area contributed by atoms with E-state index in [2.05, 4.69) is 15.6 Å². The highest BCUT2D eigenvalue weighted by molar-refractivity contribution is 6.31. The van der Waals surface area contributed by atoms with Crippen LogP contribution in [-0.2, 0) is 20.8 Å². The van der Waals surface area contributed by atoms with Gasteiger partial charge in [-0.25, -0.2) is 0 Å². The van der Waals surface area contributed by atoms with E-state index in [1.54, 1.807) is 46.3 Å². The van der Waals surface area contributed by atoms with Crippen LogP contribution in [0, 0.1) is 29.6 Å². The van der Waals surface area contributed by atoms with E-state index in [1.165, 1.54) is 14.2 Å². The van der Waals surface area contributed by atoms with Gasteiger partial charge >= 0.3 is 6.18 Å². The van der Waals surface area contributed by atoms with Crippen LogP contribution in [0.3, 0.4) is 0 Å². The van der Waals surface area contributed by atoms with E-state index in [-0.39, 0.29) is 79.8 Å². The van der Waals surface area contributed by atoms with Gasteiger partial charge in [0.1, 0.15) is 6.04 Å². The van der Waals surface area contributed by atoms with Gasteiger partial charge < -0.3 is 34.9 Å². The first-order valence-corrected chi connectivity index (χ1v) is 20.3. The highest BCUT2D eigenvalue weighted by Crippen LogP contribution is 2.41. The maximum absolute atomic E-state index is 14.3. The lowest BCUT2D eigenvalue weighted by atomic mass is 9.78. The summed E-state index contributed by atoms with van der Waals surface area (Å²) in [6, 6.07) is 9.60. The number of aromatic amines is 1. The normalized spacial score (nSPS) is 22.9.